The Morgan fingerprint density at radius 1 is 1.06 bits per heavy atom. The van der Waals surface area contributed by atoms with E-state index in [2.05, 4.69) is 0 Å². The quantitative estimate of drug-likeness (QED) is 0.697. The zero-order valence-corrected chi connectivity index (χ0v) is 8.74. The van der Waals surface area contributed by atoms with Gasteiger partial charge in [-0.3, -0.25) is 0 Å². The minimum Gasteiger partial charge on any atom is -0.202 e. The highest BCUT2D eigenvalue weighted by Crippen LogP contribution is 2.26. The lowest BCUT2D eigenvalue weighted by molar-refractivity contribution is 0.0573. The summed E-state index contributed by atoms with van der Waals surface area (Å²) in [7, 11) is 0. The Balaban J connectivity index is 2.05. The van der Waals surface area contributed by atoms with E-state index in [0.29, 0.717) is 0 Å². The molecule has 1 aliphatic rings. The molecule has 0 unspecified atom stereocenters. The van der Waals surface area contributed by atoms with E-state index in [4.69, 9.17) is 0 Å². The van der Waals surface area contributed by atoms with E-state index in [9.17, 15) is 8.78 Å². The van der Waals surface area contributed by atoms with Crippen LogP contribution < -0.4 is 0 Å². The minimum atomic E-state index is -2.68. The molecule has 0 nitrogen and oxygen atoms in total. The monoisotopic (exact) mass is 218 g/mol. The highest BCUT2D eigenvalue weighted by atomic mass is 19.3. The molecule has 0 N–H and O–H groups in total. The van der Waals surface area contributed by atoms with Crippen LogP contribution in [0.15, 0.2) is 60.2 Å². The highest BCUT2D eigenvalue weighted by Gasteiger charge is 2.25. The van der Waals surface area contributed by atoms with E-state index in [1.54, 1.807) is 6.08 Å². The second-order valence-electron chi connectivity index (χ2n) is 3.75. The van der Waals surface area contributed by atoms with Gasteiger partial charge in [-0.1, -0.05) is 54.6 Å². The molecule has 0 bridgehead atoms. The van der Waals surface area contributed by atoms with E-state index in [1.807, 2.05) is 42.5 Å². The molecule has 0 aliphatic heterocycles. The fourth-order valence-electron chi connectivity index (χ4n) is 1.49. The predicted molar refractivity (Wildman–Crippen MR) is 62.3 cm³/mol. The fourth-order valence-corrected chi connectivity index (χ4v) is 1.49. The fraction of sp³-hybridized carbons (Fsp3) is 0.143. The Bertz CT molecular complexity index is 439. The molecule has 0 heterocycles. The Morgan fingerprint density at radius 3 is 2.44 bits per heavy atom. The van der Waals surface area contributed by atoms with Crippen molar-refractivity contribution in [1.82, 2.24) is 0 Å². The second kappa shape index (κ2) is 4.44. The first-order valence-electron chi connectivity index (χ1n) is 5.16. The Hall–Kier alpha value is -1.70. The Kier molecular flexibility index (Phi) is 3.00. The van der Waals surface area contributed by atoms with Crippen LogP contribution in [-0.2, 0) is 0 Å². The molecule has 0 saturated heterocycles. The van der Waals surface area contributed by atoms with E-state index >= 15 is 0 Å². The van der Waals surface area contributed by atoms with Crippen molar-refractivity contribution >= 4 is 6.08 Å². The number of hydrogen-bond acceptors (Lipinski definition) is 0. The third kappa shape index (κ3) is 2.89. The number of rotatable bonds is 2. The van der Waals surface area contributed by atoms with Crippen molar-refractivity contribution in [3.63, 3.8) is 0 Å². The first-order chi connectivity index (χ1) is 7.66. The highest BCUT2D eigenvalue weighted by molar-refractivity contribution is 5.55. The normalized spacial score (nSPS) is 18.8. The van der Waals surface area contributed by atoms with Crippen molar-refractivity contribution in [3.05, 3.63) is 65.8 Å². The van der Waals surface area contributed by atoms with Crippen molar-refractivity contribution in [2.45, 2.75) is 12.3 Å². The third-order valence-electron chi connectivity index (χ3n) is 2.40. The molecular weight excluding hydrogens is 206 g/mol. The standard InChI is InChI=1S/C14H12F2/c15-14(16)10-8-13(9-11-14)7-6-12-4-2-1-3-5-12/h1-10H,11H2. The number of halogens is 2. The number of allylic oxidation sites excluding steroid dienone is 5. The van der Waals surface area contributed by atoms with Crippen LogP contribution in [0.1, 0.15) is 12.0 Å². The summed E-state index contributed by atoms with van der Waals surface area (Å²) in [6, 6.07) is 9.77. The Morgan fingerprint density at radius 2 is 1.81 bits per heavy atom. The van der Waals surface area contributed by atoms with Crippen LogP contribution in [0.4, 0.5) is 8.78 Å². The van der Waals surface area contributed by atoms with Gasteiger partial charge in [0, 0.05) is 6.42 Å². The number of alkyl halides is 2. The average Bonchev–Trinajstić information content (AvgIpc) is 2.29. The van der Waals surface area contributed by atoms with Crippen molar-refractivity contribution in [3.8, 4) is 0 Å². The van der Waals surface area contributed by atoms with Gasteiger partial charge < -0.3 is 0 Å². The summed E-state index contributed by atoms with van der Waals surface area (Å²) in [6.07, 6.45) is 7.53. The van der Waals surface area contributed by atoms with E-state index < -0.39 is 5.92 Å². The smallest absolute Gasteiger partial charge is 0.202 e. The topological polar surface area (TPSA) is 0 Å². The maximum absolute atomic E-state index is 12.8. The van der Waals surface area contributed by atoms with Gasteiger partial charge >= 0.3 is 0 Å². The molecule has 0 spiro atoms. The number of hydrogen-bond donors (Lipinski definition) is 0. The SMILES string of the molecule is FC1(F)C=CC(C=Cc2ccccc2)=CC1. The van der Waals surface area contributed by atoms with Crippen molar-refractivity contribution in [2.75, 3.05) is 0 Å². The van der Waals surface area contributed by atoms with Gasteiger partial charge in [-0.05, 0) is 17.2 Å². The molecule has 1 aromatic rings. The first kappa shape index (κ1) is 10.8. The molecule has 16 heavy (non-hydrogen) atoms. The van der Waals surface area contributed by atoms with Crippen LogP contribution in [0.2, 0.25) is 0 Å². The third-order valence-corrected chi connectivity index (χ3v) is 2.40. The van der Waals surface area contributed by atoms with Crippen LogP contribution in [0.5, 0.6) is 0 Å². The van der Waals surface area contributed by atoms with Crippen LogP contribution in [0.3, 0.4) is 0 Å². The Labute approximate surface area is 93.6 Å². The van der Waals surface area contributed by atoms with Gasteiger partial charge in [-0.15, -0.1) is 0 Å². The predicted octanol–water partition coefficient (Wildman–Crippen LogP) is 4.22. The van der Waals surface area contributed by atoms with Gasteiger partial charge in [0.25, 0.3) is 5.92 Å². The van der Waals surface area contributed by atoms with Crippen LogP contribution >= 0.6 is 0 Å². The van der Waals surface area contributed by atoms with Gasteiger partial charge in [0.1, 0.15) is 0 Å². The lowest BCUT2D eigenvalue weighted by Crippen LogP contribution is -2.12. The average molecular weight is 218 g/mol. The zero-order chi connectivity index (χ0) is 11.4. The van der Waals surface area contributed by atoms with Crippen LogP contribution in [0.25, 0.3) is 6.08 Å². The lowest BCUT2D eigenvalue weighted by atomic mass is 10.0. The van der Waals surface area contributed by atoms with Crippen LogP contribution in [-0.4, -0.2) is 5.92 Å². The molecule has 2 rings (SSSR count). The molecule has 2 heteroatoms. The molecule has 1 aromatic carbocycles. The molecule has 0 aromatic heterocycles. The molecule has 1 aliphatic carbocycles. The molecular formula is C14H12F2. The molecule has 0 fully saturated rings. The zero-order valence-electron chi connectivity index (χ0n) is 8.74. The largest absolute Gasteiger partial charge is 0.270 e. The molecule has 82 valence electrons. The van der Waals surface area contributed by atoms with E-state index in [1.165, 1.54) is 6.08 Å². The minimum absolute atomic E-state index is 0.210. The van der Waals surface area contributed by atoms with Gasteiger partial charge in [-0.2, -0.15) is 0 Å². The molecule has 0 radical (unpaired) electrons. The lowest BCUT2D eigenvalue weighted by Gasteiger charge is -2.13. The number of benzene rings is 1. The van der Waals surface area contributed by atoms with E-state index in [0.717, 1.165) is 17.2 Å². The van der Waals surface area contributed by atoms with Crippen molar-refractivity contribution < 1.29 is 8.78 Å². The summed E-state index contributed by atoms with van der Waals surface area (Å²) in [5.74, 6) is -2.68. The maximum Gasteiger partial charge on any atom is 0.270 e. The molecule has 0 saturated carbocycles. The summed E-state index contributed by atoms with van der Waals surface area (Å²) in [5, 5.41) is 0. The van der Waals surface area contributed by atoms with Crippen molar-refractivity contribution in [2.24, 2.45) is 0 Å². The van der Waals surface area contributed by atoms with Gasteiger partial charge in [-0.25, -0.2) is 8.78 Å². The summed E-state index contributed by atoms with van der Waals surface area (Å²) >= 11 is 0. The summed E-state index contributed by atoms with van der Waals surface area (Å²) < 4.78 is 25.6. The van der Waals surface area contributed by atoms with Crippen molar-refractivity contribution in [1.29, 1.82) is 0 Å². The summed E-state index contributed by atoms with van der Waals surface area (Å²) in [4.78, 5) is 0. The first-order valence-corrected chi connectivity index (χ1v) is 5.16. The van der Waals surface area contributed by atoms with Gasteiger partial charge in [0.15, 0.2) is 0 Å². The molecule has 0 atom stereocenters. The molecule has 0 amide bonds. The van der Waals surface area contributed by atoms with Gasteiger partial charge in [0.2, 0.25) is 0 Å². The van der Waals surface area contributed by atoms with Gasteiger partial charge in [0.05, 0.1) is 0 Å². The second-order valence-corrected chi connectivity index (χ2v) is 3.75. The maximum atomic E-state index is 12.8. The van der Waals surface area contributed by atoms with Crippen LogP contribution in [0, 0.1) is 0 Å². The summed E-state index contributed by atoms with van der Waals surface area (Å²) in [5.41, 5.74) is 1.89. The summed E-state index contributed by atoms with van der Waals surface area (Å²) in [6.45, 7) is 0. The van der Waals surface area contributed by atoms with E-state index in [-0.39, 0.29) is 6.42 Å².